The van der Waals surface area contributed by atoms with E-state index in [0.29, 0.717) is 6.54 Å². The Hall–Kier alpha value is -1.22. The second kappa shape index (κ2) is 5.19. The number of ether oxygens (including phenoxy) is 2. The molecule has 0 radical (unpaired) electrons. The molecule has 3 heteroatoms. The van der Waals surface area contributed by atoms with Gasteiger partial charge >= 0.3 is 0 Å². The molecule has 1 saturated carbocycles. The van der Waals surface area contributed by atoms with E-state index < -0.39 is 0 Å². The molecule has 1 aliphatic rings. The van der Waals surface area contributed by atoms with Crippen molar-refractivity contribution in [2.24, 2.45) is 5.73 Å². The van der Waals surface area contributed by atoms with Crippen molar-refractivity contribution in [3.63, 3.8) is 0 Å². The van der Waals surface area contributed by atoms with Gasteiger partial charge in [-0.2, -0.15) is 0 Å². The van der Waals surface area contributed by atoms with Crippen molar-refractivity contribution >= 4 is 0 Å². The van der Waals surface area contributed by atoms with Crippen LogP contribution in [0.3, 0.4) is 0 Å². The lowest BCUT2D eigenvalue weighted by atomic mass is 9.77. The van der Waals surface area contributed by atoms with Gasteiger partial charge in [-0.05, 0) is 43.0 Å². The maximum Gasteiger partial charge on any atom is 0.161 e. The van der Waals surface area contributed by atoms with Crippen LogP contribution >= 0.6 is 0 Å². The Balaban J connectivity index is 2.50. The molecule has 1 fully saturated rings. The van der Waals surface area contributed by atoms with Gasteiger partial charge in [0.15, 0.2) is 11.5 Å². The number of methoxy groups -OCH3 is 2. The van der Waals surface area contributed by atoms with Crippen molar-refractivity contribution < 1.29 is 9.47 Å². The maximum absolute atomic E-state index is 6.06. The molecule has 0 bridgehead atoms. The molecule has 0 heterocycles. The third kappa shape index (κ3) is 2.07. The molecule has 0 aromatic heterocycles. The topological polar surface area (TPSA) is 44.5 Å². The van der Waals surface area contributed by atoms with Gasteiger partial charge < -0.3 is 15.2 Å². The average Bonchev–Trinajstić information content (AvgIpc) is 2.88. The summed E-state index contributed by atoms with van der Waals surface area (Å²) in [6.07, 6.45) is 4.90. The first-order valence-electron chi connectivity index (χ1n) is 6.60. The zero-order valence-corrected chi connectivity index (χ0v) is 11.6. The molecular weight excluding hydrogens is 226 g/mol. The van der Waals surface area contributed by atoms with Gasteiger partial charge in [0.1, 0.15) is 0 Å². The summed E-state index contributed by atoms with van der Waals surface area (Å²) in [5.41, 5.74) is 8.79. The van der Waals surface area contributed by atoms with Crippen LogP contribution in [0, 0.1) is 6.92 Å². The third-order valence-electron chi connectivity index (χ3n) is 4.25. The van der Waals surface area contributed by atoms with Crippen molar-refractivity contribution in [1.82, 2.24) is 0 Å². The average molecular weight is 249 g/mol. The highest BCUT2D eigenvalue weighted by atomic mass is 16.5. The Labute approximate surface area is 109 Å². The summed E-state index contributed by atoms with van der Waals surface area (Å²) >= 11 is 0. The van der Waals surface area contributed by atoms with Gasteiger partial charge in [-0.25, -0.2) is 0 Å². The molecule has 2 rings (SSSR count). The van der Waals surface area contributed by atoms with E-state index in [1.54, 1.807) is 14.2 Å². The summed E-state index contributed by atoms with van der Waals surface area (Å²) in [5.74, 6) is 1.60. The van der Waals surface area contributed by atoms with Crippen LogP contribution < -0.4 is 15.2 Å². The van der Waals surface area contributed by atoms with E-state index in [9.17, 15) is 0 Å². The van der Waals surface area contributed by atoms with Crippen LogP contribution in [0.1, 0.15) is 36.8 Å². The van der Waals surface area contributed by atoms with E-state index in [1.807, 2.05) is 0 Å². The Kier molecular flexibility index (Phi) is 3.81. The number of aryl methyl sites for hydroxylation is 1. The molecule has 1 aliphatic carbocycles. The smallest absolute Gasteiger partial charge is 0.161 e. The summed E-state index contributed by atoms with van der Waals surface area (Å²) < 4.78 is 10.8. The van der Waals surface area contributed by atoms with Crippen molar-refractivity contribution in [2.45, 2.75) is 38.0 Å². The summed E-state index contributed by atoms with van der Waals surface area (Å²) in [5, 5.41) is 0. The summed E-state index contributed by atoms with van der Waals surface area (Å²) in [6, 6.07) is 4.18. The zero-order valence-electron chi connectivity index (χ0n) is 11.6. The maximum atomic E-state index is 6.06. The third-order valence-corrected chi connectivity index (χ3v) is 4.25. The van der Waals surface area contributed by atoms with E-state index in [0.717, 1.165) is 11.5 Å². The molecule has 1 aromatic carbocycles. The van der Waals surface area contributed by atoms with Crippen LogP contribution in [0.25, 0.3) is 0 Å². The molecule has 100 valence electrons. The van der Waals surface area contributed by atoms with E-state index >= 15 is 0 Å². The summed E-state index contributed by atoms with van der Waals surface area (Å²) in [7, 11) is 3.35. The predicted octanol–water partition coefficient (Wildman–Crippen LogP) is 2.78. The SMILES string of the molecule is COc1cc(C)c(C2(CN)CCCC2)cc1OC. The second-order valence-electron chi connectivity index (χ2n) is 5.21. The van der Waals surface area contributed by atoms with Gasteiger partial charge in [-0.1, -0.05) is 12.8 Å². The lowest BCUT2D eigenvalue weighted by molar-refractivity contribution is 0.351. The number of benzene rings is 1. The van der Waals surface area contributed by atoms with Crippen molar-refractivity contribution in [1.29, 1.82) is 0 Å². The Morgan fingerprint density at radius 2 is 1.67 bits per heavy atom. The molecule has 0 spiro atoms. The monoisotopic (exact) mass is 249 g/mol. The van der Waals surface area contributed by atoms with Crippen LogP contribution in [0.15, 0.2) is 12.1 Å². The van der Waals surface area contributed by atoms with E-state index in [4.69, 9.17) is 15.2 Å². The predicted molar refractivity (Wildman–Crippen MR) is 73.5 cm³/mol. The first-order valence-corrected chi connectivity index (χ1v) is 6.60. The molecule has 0 atom stereocenters. The largest absolute Gasteiger partial charge is 0.493 e. The lowest BCUT2D eigenvalue weighted by Gasteiger charge is -2.30. The molecule has 0 aliphatic heterocycles. The number of hydrogen-bond donors (Lipinski definition) is 1. The molecule has 0 saturated heterocycles. The summed E-state index contributed by atoms with van der Waals surface area (Å²) in [6.45, 7) is 2.84. The Morgan fingerprint density at radius 3 is 2.17 bits per heavy atom. The normalized spacial score (nSPS) is 17.8. The number of rotatable bonds is 4. The van der Waals surface area contributed by atoms with Gasteiger partial charge in [-0.3, -0.25) is 0 Å². The fourth-order valence-electron chi connectivity index (χ4n) is 3.19. The van der Waals surface area contributed by atoms with Gasteiger partial charge in [0.2, 0.25) is 0 Å². The number of nitrogens with two attached hydrogens (primary N) is 1. The lowest BCUT2D eigenvalue weighted by Crippen LogP contribution is -2.32. The quantitative estimate of drug-likeness (QED) is 0.892. The number of hydrogen-bond acceptors (Lipinski definition) is 3. The summed E-state index contributed by atoms with van der Waals surface area (Å²) in [4.78, 5) is 0. The minimum Gasteiger partial charge on any atom is -0.493 e. The highest BCUT2D eigenvalue weighted by Gasteiger charge is 2.36. The van der Waals surface area contributed by atoms with Gasteiger partial charge in [-0.15, -0.1) is 0 Å². The highest BCUT2D eigenvalue weighted by Crippen LogP contribution is 2.44. The van der Waals surface area contributed by atoms with Gasteiger partial charge in [0.05, 0.1) is 14.2 Å². The molecule has 18 heavy (non-hydrogen) atoms. The van der Waals surface area contributed by atoms with Crippen LogP contribution in [0.4, 0.5) is 0 Å². The Morgan fingerprint density at radius 1 is 1.11 bits per heavy atom. The second-order valence-corrected chi connectivity index (χ2v) is 5.21. The van der Waals surface area contributed by atoms with Crippen molar-refractivity contribution in [3.8, 4) is 11.5 Å². The van der Waals surface area contributed by atoms with Crippen LogP contribution in [-0.4, -0.2) is 20.8 Å². The Bertz CT molecular complexity index is 423. The van der Waals surface area contributed by atoms with Crippen LogP contribution in [-0.2, 0) is 5.41 Å². The minimum atomic E-state index is 0.142. The van der Waals surface area contributed by atoms with Gasteiger partial charge in [0, 0.05) is 12.0 Å². The molecule has 0 unspecified atom stereocenters. The van der Waals surface area contributed by atoms with Gasteiger partial charge in [0.25, 0.3) is 0 Å². The minimum absolute atomic E-state index is 0.142. The zero-order chi connectivity index (χ0) is 13.2. The first-order chi connectivity index (χ1) is 8.66. The molecule has 2 N–H and O–H groups in total. The fraction of sp³-hybridized carbons (Fsp3) is 0.600. The van der Waals surface area contributed by atoms with E-state index in [-0.39, 0.29) is 5.41 Å². The van der Waals surface area contributed by atoms with Crippen LogP contribution in [0.2, 0.25) is 0 Å². The van der Waals surface area contributed by atoms with Crippen molar-refractivity contribution in [3.05, 3.63) is 23.3 Å². The highest BCUT2D eigenvalue weighted by molar-refractivity contribution is 5.50. The first kappa shape index (κ1) is 13.2. The fourth-order valence-corrected chi connectivity index (χ4v) is 3.19. The molecule has 1 aromatic rings. The van der Waals surface area contributed by atoms with Crippen LogP contribution in [0.5, 0.6) is 11.5 Å². The standard InChI is InChI=1S/C15H23NO2/c1-11-8-13(17-2)14(18-3)9-12(11)15(10-16)6-4-5-7-15/h8-9H,4-7,10,16H2,1-3H3. The van der Waals surface area contributed by atoms with E-state index in [1.165, 1.54) is 36.8 Å². The molecule has 0 amide bonds. The molecule has 3 nitrogen and oxygen atoms in total. The van der Waals surface area contributed by atoms with Crippen molar-refractivity contribution in [2.75, 3.05) is 20.8 Å². The molecular formula is C15H23NO2. The van der Waals surface area contributed by atoms with E-state index in [2.05, 4.69) is 19.1 Å².